The molecule has 0 aliphatic carbocycles. The summed E-state index contributed by atoms with van der Waals surface area (Å²) in [4.78, 5) is 41.9. The van der Waals surface area contributed by atoms with Crippen LogP contribution in [0.3, 0.4) is 0 Å². The number of alkyl carbamates (subject to hydrolysis) is 1. The number of hydrogen-bond acceptors (Lipinski definition) is 5. The number of terminal acetylenes is 1. The molecule has 2 aromatic rings. The third-order valence-corrected chi connectivity index (χ3v) is 6.55. The number of rotatable bonds is 10. The number of likely N-dealkylation sites (N-methyl/N-ethyl adjacent to an activating group) is 1. The zero-order valence-corrected chi connectivity index (χ0v) is 24.2. The standard InChI is InChI=1S/C30H39N3O4S/c1-9-22-14-16-23(17-15-22)26(27(34)32-25-20(3)12-11-13-21(25)4)33(10-2)28(35)24(18-19-38-8)31-29(36)37-30(5,6)7/h1,11-17,24,26H,10,18-19H2,2-8H3,(H,31,36)(H,32,34). The van der Waals surface area contributed by atoms with E-state index in [9.17, 15) is 14.4 Å². The summed E-state index contributed by atoms with van der Waals surface area (Å²) in [5.74, 6) is 2.50. The Morgan fingerprint density at radius 2 is 1.68 bits per heavy atom. The molecule has 0 saturated carbocycles. The van der Waals surface area contributed by atoms with Gasteiger partial charge in [0.2, 0.25) is 5.91 Å². The van der Waals surface area contributed by atoms with Crippen molar-refractivity contribution in [3.63, 3.8) is 0 Å². The molecule has 0 fully saturated rings. The van der Waals surface area contributed by atoms with Gasteiger partial charge in [-0.05, 0) is 88.8 Å². The van der Waals surface area contributed by atoms with Crippen LogP contribution in [-0.2, 0) is 14.3 Å². The van der Waals surface area contributed by atoms with E-state index in [2.05, 4.69) is 16.6 Å². The van der Waals surface area contributed by atoms with E-state index in [0.717, 1.165) is 11.1 Å². The number of ether oxygens (including phenoxy) is 1. The second kappa shape index (κ2) is 13.9. The van der Waals surface area contributed by atoms with Gasteiger partial charge in [-0.1, -0.05) is 36.3 Å². The van der Waals surface area contributed by atoms with E-state index < -0.39 is 23.8 Å². The maximum absolute atomic E-state index is 13.9. The number of nitrogens with one attached hydrogen (secondary N) is 2. The zero-order chi connectivity index (χ0) is 28.5. The van der Waals surface area contributed by atoms with Gasteiger partial charge in [0.05, 0.1) is 0 Å². The van der Waals surface area contributed by atoms with E-state index in [1.807, 2.05) is 45.2 Å². The van der Waals surface area contributed by atoms with Gasteiger partial charge < -0.3 is 20.3 Å². The first-order valence-corrected chi connectivity index (χ1v) is 14.0. The first-order chi connectivity index (χ1) is 17.9. The van der Waals surface area contributed by atoms with Crippen LogP contribution in [0.15, 0.2) is 42.5 Å². The number of hydrogen-bond donors (Lipinski definition) is 2. The average Bonchev–Trinajstić information content (AvgIpc) is 2.85. The summed E-state index contributed by atoms with van der Waals surface area (Å²) in [6, 6.07) is 11.0. The summed E-state index contributed by atoms with van der Waals surface area (Å²) in [6.45, 7) is 11.2. The molecule has 2 unspecified atom stereocenters. The molecule has 2 N–H and O–H groups in total. The molecule has 0 radical (unpaired) electrons. The molecule has 2 rings (SSSR count). The first-order valence-electron chi connectivity index (χ1n) is 12.6. The molecule has 0 bridgehead atoms. The highest BCUT2D eigenvalue weighted by molar-refractivity contribution is 7.98. The lowest BCUT2D eigenvalue weighted by atomic mass is 10.00. The fraction of sp³-hybridized carbons (Fsp3) is 0.433. The van der Waals surface area contributed by atoms with E-state index in [1.54, 1.807) is 56.8 Å². The lowest BCUT2D eigenvalue weighted by molar-refractivity contribution is -0.140. The topological polar surface area (TPSA) is 87.7 Å². The SMILES string of the molecule is C#Cc1ccc(C(C(=O)Nc2c(C)cccc2C)N(CC)C(=O)C(CCSC)NC(=O)OC(C)(C)C)cc1. The van der Waals surface area contributed by atoms with Gasteiger partial charge in [-0.2, -0.15) is 11.8 Å². The molecule has 3 amide bonds. The lowest BCUT2D eigenvalue weighted by Gasteiger charge is -2.34. The molecule has 2 aromatic carbocycles. The molecule has 204 valence electrons. The number of amides is 3. The fourth-order valence-electron chi connectivity index (χ4n) is 4.05. The van der Waals surface area contributed by atoms with Crippen LogP contribution in [0.5, 0.6) is 0 Å². The molecule has 8 heteroatoms. The normalized spacial score (nSPS) is 12.6. The van der Waals surface area contributed by atoms with Crippen LogP contribution in [0, 0.1) is 26.2 Å². The van der Waals surface area contributed by atoms with Gasteiger partial charge in [0.25, 0.3) is 5.91 Å². The number of benzene rings is 2. The maximum Gasteiger partial charge on any atom is 0.408 e. The van der Waals surface area contributed by atoms with Gasteiger partial charge in [0, 0.05) is 17.8 Å². The van der Waals surface area contributed by atoms with Crippen molar-refractivity contribution in [1.29, 1.82) is 0 Å². The molecule has 0 aromatic heterocycles. The van der Waals surface area contributed by atoms with Crippen LogP contribution in [0.1, 0.15) is 62.4 Å². The van der Waals surface area contributed by atoms with Crippen LogP contribution >= 0.6 is 11.8 Å². The Labute approximate surface area is 231 Å². The second-order valence-electron chi connectivity index (χ2n) is 10.0. The monoisotopic (exact) mass is 537 g/mol. The Morgan fingerprint density at radius 1 is 1.08 bits per heavy atom. The molecule has 0 aliphatic heterocycles. The van der Waals surface area contributed by atoms with Gasteiger partial charge in [-0.3, -0.25) is 9.59 Å². The molecular weight excluding hydrogens is 498 g/mol. The Balaban J connectivity index is 2.49. The smallest absolute Gasteiger partial charge is 0.408 e. The van der Waals surface area contributed by atoms with Gasteiger partial charge in [0.15, 0.2) is 0 Å². The summed E-state index contributed by atoms with van der Waals surface area (Å²) in [5, 5.41) is 5.77. The van der Waals surface area contributed by atoms with Gasteiger partial charge in [-0.25, -0.2) is 4.79 Å². The predicted molar refractivity (Wildman–Crippen MR) is 155 cm³/mol. The Kier molecular flexibility index (Phi) is 11.3. The highest BCUT2D eigenvalue weighted by Crippen LogP contribution is 2.27. The summed E-state index contributed by atoms with van der Waals surface area (Å²) in [7, 11) is 0. The first kappa shape index (κ1) is 30.8. The Morgan fingerprint density at radius 3 is 2.18 bits per heavy atom. The van der Waals surface area contributed by atoms with Crippen molar-refractivity contribution in [3.8, 4) is 12.3 Å². The van der Waals surface area contributed by atoms with Crippen LogP contribution in [-0.4, -0.2) is 53.0 Å². The maximum atomic E-state index is 13.9. The fourth-order valence-corrected chi connectivity index (χ4v) is 4.52. The van der Waals surface area contributed by atoms with Crippen molar-refractivity contribution in [2.75, 3.05) is 23.9 Å². The zero-order valence-electron chi connectivity index (χ0n) is 23.4. The number of carbonyl (C=O) groups excluding carboxylic acids is 3. The number of nitrogens with zero attached hydrogens (tertiary/aromatic N) is 1. The molecular formula is C30H39N3O4S. The third-order valence-electron chi connectivity index (χ3n) is 5.91. The average molecular weight is 538 g/mol. The van der Waals surface area contributed by atoms with E-state index in [-0.39, 0.29) is 18.4 Å². The van der Waals surface area contributed by atoms with Crippen LogP contribution in [0.25, 0.3) is 0 Å². The minimum atomic E-state index is -0.949. The minimum absolute atomic E-state index is 0.242. The quantitative estimate of drug-likeness (QED) is 0.393. The Hall–Kier alpha value is -3.44. The van der Waals surface area contributed by atoms with E-state index in [1.165, 1.54) is 4.90 Å². The van der Waals surface area contributed by atoms with Gasteiger partial charge in [-0.15, -0.1) is 6.42 Å². The van der Waals surface area contributed by atoms with E-state index >= 15 is 0 Å². The minimum Gasteiger partial charge on any atom is -0.444 e. The predicted octanol–water partition coefficient (Wildman–Crippen LogP) is 5.46. The summed E-state index contributed by atoms with van der Waals surface area (Å²) < 4.78 is 5.41. The van der Waals surface area contributed by atoms with Crippen LogP contribution in [0.4, 0.5) is 10.5 Å². The third kappa shape index (κ3) is 8.56. The van der Waals surface area contributed by atoms with Crippen molar-refractivity contribution in [3.05, 3.63) is 64.7 Å². The number of para-hydroxylation sites is 1. The molecule has 0 saturated heterocycles. The molecule has 0 aliphatic rings. The summed E-state index contributed by atoms with van der Waals surface area (Å²) in [5.41, 5.74) is 3.10. The number of aryl methyl sites for hydroxylation is 2. The molecule has 0 heterocycles. The van der Waals surface area contributed by atoms with Crippen molar-refractivity contribution >= 4 is 35.4 Å². The van der Waals surface area contributed by atoms with Crippen molar-refractivity contribution < 1.29 is 19.1 Å². The van der Waals surface area contributed by atoms with Crippen LogP contribution < -0.4 is 10.6 Å². The summed E-state index contributed by atoms with van der Waals surface area (Å²) in [6.07, 6.45) is 7.17. The highest BCUT2D eigenvalue weighted by atomic mass is 32.2. The Bertz CT molecular complexity index is 1150. The van der Waals surface area contributed by atoms with Crippen LogP contribution in [0.2, 0.25) is 0 Å². The lowest BCUT2D eigenvalue weighted by Crippen LogP contribution is -2.52. The molecule has 38 heavy (non-hydrogen) atoms. The number of carbonyl (C=O) groups is 3. The largest absolute Gasteiger partial charge is 0.444 e. The van der Waals surface area contributed by atoms with E-state index in [4.69, 9.17) is 11.2 Å². The molecule has 2 atom stereocenters. The number of anilines is 1. The number of thioether (sulfide) groups is 1. The molecule has 7 nitrogen and oxygen atoms in total. The second-order valence-corrected chi connectivity index (χ2v) is 11.0. The molecule has 0 spiro atoms. The summed E-state index contributed by atoms with van der Waals surface area (Å²) >= 11 is 1.57. The highest BCUT2D eigenvalue weighted by Gasteiger charge is 2.35. The van der Waals surface area contributed by atoms with Crippen molar-refractivity contribution in [1.82, 2.24) is 10.2 Å². The van der Waals surface area contributed by atoms with Crippen molar-refractivity contribution in [2.45, 2.75) is 65.6 Å². The van der Waals surface area contributed by atoms with Gasteiger partial charge >= 0.3 is 6.09 Å². The van der Waals surface area contributed by atoms with Crippen molar-refractivity contribution in [2.24, 2.45) is 0 Å². The van der Waals surface area contributed by atoms with E-state index in [0.29, 0.717) is 29.0 Å². The van der Waals surface area contributed by atoms with Gasteiger partial charge in [0.1, 0.15) is 17.7 Å².